The van der Waals surface area contributed by atoms with Crippen LogP contribution < -0.4 is 15.5 Å². The third kappa shape index (κ3) is 4.72. The predicted octanol–water partition coefficient (Wildman–Crippen LogP) is 3.80. The number of nitrogen functional groups attached to an aromatic ring is 1. The van der Waals surface area contributed by atoms with Crippen LogP contribution in [0.1, 0.15) is 5.56 Å². The van der Waals surface area contributed by atoms with Crippen LogP contribution in [0.15, 0.2) is 30.9 Å². The highest BCUT2D eigenvalue weighted by atomic mass is 35.5. The van der Waals surface area contributed by atoms with Crippen LogP contribution in [0.25, 0.3) is 32.1 Å². The third-order valence-electron chi connectivity index (χ3n) is 9.32. The van der Waals surface area contributed by atoms with E-state index in [-0.39, 0.29) is 54.4 Å². The molecule has 3 aromatic heterocycles. The average Bonchev–Trinajstić information content (AvgIpc) is 3.68. The normalized spacial score (nSPS) is 17.7. The SMILES string of the molecule is CN(C)C1CN(c2nc(N3CCOC4(CN(C(=O)n5cncn5)C4)C3)c3cc(Cl)c(-c4ccc(F)c5sc(N)c(C#N)c45)c(F)c3n2)C1. The number of likely N-dealkylation sites (tertiary alicyclic amines) is 1. The van der Waals surface area contributed by atoms with Gasteiger partial charge in [-0.15, -0.1) is 11.3 Å². The van der Waals surface area contributed by atoms with E-state index >= 15 is 4.39 Å². The van der Waals surface area contributed by atoms with Gasteiger partial charge in [0.05, 0.1) is 41.5 Å². The second-order valence-electron chi connectivity index (χ2n) is 12.5. The number of likely N-dealkylation sites (N-methyl/N-ethyl adjacent to an activating group) is 1. The lowest BCUT2D eigenvalue weighted by Crippen LogP contribution is -2.71. The molecular formula is C31H28ClF2N11O2S. The minimum Gasteiger partial charge on any atom is -0.389 e. The molecule has 17 heteroatoms. The number of anilines is 3. The lowest BCUT2D eigenvalue weighted by molar-refractivity contribution is -0.133. The summed E-state index contributed by atoms with van der Waals surface area (Å²) in [6.45, 7) is 3.19. The number of halogens is 3. The predicted molar refractivity (Wildman–Crippen MR) is 177 cm³/mol. The van der Waals surface area contributed by atoms with Crippen molar-refractivity contribution in [2.24, 2.45) is 0 Å². The van der Waals surface area contributed by atoms with Gasteiger partial charge in [0.25, 0.3) is 0 Å². The maximum atomic E-state index is 17.0. The van der Waals surface area contributed by atoms with Crippen LogP contribution in [-0.4, -0.2) is 112 Å². The van der Waals surface area contributed by atoms with Crippen LogP contribution in [0.5, 0.6) is 0 Å². The number of nitrogens with two attached hydrogens (primary N) is 1. The molecule has 6 heterocycles. The van der Waals surface area contributed by atoms with E-state index in [0.29, 0.717) is 63.0 Å². The summed E-state index contributed by atoms with van der Waals surface area (Å²) in [4.78, 5) is 34.1. The molecule has 0 atom stereocenters. The number of rotatable bonds is 4. The maximum absolute atomic E-state index is 17.0. The van der Waals surface area contributed by atoms with Crippen LogP contribution in [0, 0.1) is 23.0 Å². The van der Waals surface area contributed by atoms with E-state index in [1.807, 2.05) is 30.0 Å². The maximum Gasteiger partial charge on any atom is 0.346 e. The summed E-state index contributed by atoms with van der Waals surface area (Å²) >= 11 is 7.80. The van der Waals surface area contributed by atoms with Crippen molar-refractivity contribution in [3.63, 3.8) is 0 Å². The van der Waals surface area contributed by atoms with Crippen molar-refractivity contribution in [1.82, 2.24) is 34.5 Å². The van der Waals surface area contributed by atoms with E-state index in [1.54, 1.807) is 11.0 Å². The molecule has 0 unspecified atom stereocenters. The quantitative estimate of drug-likeness (QED) is 0.294. The van der Waals surface area contributed by atoms with Crippen LogP contribution in [0.3, 0.4) is 0 Å². The van der Waals surface area contributed by atoms with Gasteiger partial charge < -0.3 is 30.1 Å². The van der Waals surface area contributed by atoms with Crippen LogP contribution >= 0.6 is 22.9 Å². The number of ether oxygens (including phenoxy) is 1. The first-order valence-corrected chi connectivity index (χ1v) is 16.3. The monoisotopic (exact) mass is 691 g/mol. The molecule has 1 spiro atoms. The van der Waals surface area contributed by atoms with Gasteiger partial charge in [-0.05, 0) is 31.8 Å². The smallest absolute Gasteiger partial charge is 0.346 e. The van der Waals surface area contributed by atoms with Crippen molar-refractivity contribution in [3.05, 3.63) is 53.1 Å². The van der Waals surface area contributed by atoms with Gasteiger partial charge in [-0.1, -0.05) is 17.7 Å². The van der Waals surface area contributed by atoms with Crippen LogP contribution in [0.2, 0.25) is 5.02 Å². The Morgan fingerprint density at radius 2 is 2.00 bits per heavy atom. The standard InChI is InChI=1S/C31H28ClF2N11O2S/c1-41(2)16-9-43(10-16)29-39-25-18(7-20(32)23(24(25)34)17-3-4-21(33)26-22(17)19(8-35)27(36)48-26)28(40-29)42-5-6-47-31(11-42)12-44(13-31)30(46)45-15-37-14-38-45/h3-4,7,14-16H,5-6,9-13,36H2,1-2H3. The third-order valence-corrected chi connectivity index (χ3v) is 10.6. The number of thiophene rings is 1. The Labute approximate surface area is 281 Å². The fraction of sp³-hybridized carbons (Fsp3) is 0.355. The Morgan fingerprint density at radius 3 is 2.71 bits per heavy atom. The minimum atomic E-state index is -0.718. The second-order valence-corrected chi connectivity index (χ2v) is 14.0. The molecule has 0 bridgehead atoms. The molecule has 1 amide bonds. The average molecular weight is 692 g/mol. The molecule has 0 aliphatic carbocycles. The summed E-state index contributed by atoms with van der Waals surface area (Å²) in [7, 11) is 4.00. The van der Waals surface area contributed by atoms with Gasteiger partial charge in [0.1, 0.15) is 46.5 Å². The van der Waals surface area contributed by atoms with Crippen molar-refractivity contribution < 1.29 is 18.3 Å². The van der Waals surface area contributed by atoms with Crippen molar-refractivity contribution in [1.29, 1.82) is 5.26 Å². The lowest BCUT2D eigenvalue weighted by atomic mass is 9.92. The number of fused-ring (bicyclic) bond motifs is 2. The number of carbonyl (C=O) groups is 1. The first-order chi connectivity index (χ1) is 23.1. The second kappa shape index (κ2) is 11.2. The highest BCUT2D eigenvalue weighted by Gasteiger charge is 2.50. The number of aromatic nitrogens is 5. The molecule has 3 fully saturated rings. The Balaban J connectivity index is 1.23. The summed E-state index contributed by atoms with van der Waals surface area (Å²) in [6.07, 6.45) is 2.65. The van der Waals surface area contributed by atoms with Crippen molar-refractivity contribution >= 4 is 66.7 Å². The zero-order valence-corrected chi connectivity index (χ0v) is 27.4. The number of morpholine rings is 1. The minimum absolute atomic E-state index is 0.00597. The highest BCUT2D eigenvalue weighted by molar-refractivity contribution is 7.23. The largest absolute Gasteiger partial charge is 0.389 e. The fourth-order valence-corrected chi connectivity index (χ4v) is 7.95. The van der Waals surface area contributed by atoms with Gasteiger partial charge in [-0.25, -0.2) is 23.5 Å². The van der Waals surface area contributed by atoms with Gasteiger partial charge in [0.2, 0.25) is 5.95 Å². The zero-order valence-electron chi connectivity index (χ0n) is 25.8. The molecule has 0 saturated carbocycles. The summed E-state index contributed by atoms with van der Waals surface area (Å²) < 4.78 is 39.4. The summed E-state index contributed by atoms with van der Waals surface area (Å²) in [5.74, 6) is -0.434. The van der Waals surface area contributed by atoms with Crippen molar-refractivity contribution in [2.45, 2.75) is 11.6 Å². The first kappa shape index (κ1) is 30.6. The molecule has 3 aliphatic rings. The van der Waals surface area contributed by atoms with E-state index in [2.05, 4.69) is 15.0 Å². The lowest BCUT2D eigenvalue weighted by Gasteiger charge is -2.53. The molecule has 3 saturated heterocycles. The van der Waals surface area contributed by atoms with Gasteiger partial charge in [-0.2, -0.15) is 20.0 Å². The van der Waals surface area contributed by atoms with E-state index < -0.39 is 17.2 Å². The van der Waals surface area contributed by atoms with E-state index in [4.69, 9.17) is 32.0 Å². The molecule has 5 aromatic rings. The first-order valence-electron chi connectivity index (χ1n) is 15.1. The molecule has 13 nitrogen and oxygen atoms in total. The number of hydrogen-bond acceptors (Lipinski definition) is 12. The van der Waals surface area contributed by atoms with E-state index in [1.165, 1.54) is 29.5 Å². The van der Waals surface area contributed by atoms with Crippen LogP contribution in [-0.2, 0) is 4.74 Å². The number of benzene rings is 2. The topological polar surface area (TPSA) is 146 Å². The molecular weight excluding hydrogens is 664 g/mol. The van der Waals surface area contributed by atoms with Gasteiger partial charge >= 0.3 is 6.03 Å². The molecule has 2 aromatic carbocycles. The van der Waals surface area contributed by atoms with E-state index in [9.17, 15) is 14.4 Å². The molecule has 48 heavy (non-hydrogen) atoms. The summed E-state index contributed by atoms with van der Waals surface area (Å²) in [5.41, 5.74) is 5.76. The summed E-state index contributed by atoms with van der Waals surface area (Å²) in [6, 6.07) is 6.27. The Kier molecular flexibility index (Phi) is 7.14. The van der Waals surface area contributed by atoms with Crippen molar-refractivity contribution in [3.8, 4) is 17.2 Å². The number of carbonyl (C=O) groups excluding carboxylic acids is 1. The number of amides is 1. The van der Waals surface area contributed by atoms with Crippen LogP contribution in [0.4, 0.5) is 30.3 Å². The van der Waals surface area contributed by atoms with Gasteiger partial charge in [0, 0.05) is 42.0 Å². The number of nitrogens with zero attached hydrogens (tertiary/aromatic N) is 10. The molecule has 2 N–H and O–H groups in total. The number of nitriles is 1. The van der Waals surface area contributed by atoms with Crippen molar-refractivity contribution in [2.75, 3.05) is 75.5 Å². The molecule has 3 aliphatic heterocycles. The Morgan fingerprint density at radius 1 is 1.21 bits per heavy atom. The highest BCUT2D eigenvalue weighted by Crippen LogP contribution is 2.46. The molecule has 0 radical (unpaired) electrons. The summed E-state index contributed by atoms with van der Waals surface area (Å²) in [5, 5.41) is 14.6. The molecule has 8 rings (SSSR count). The van der Waals surface area contributed by atoms with Gasteiger partial charge in [-0.3, -0.25) is 0 Å². The van der Waals surface area contributed by atoms with Gasteiger partial charge in [0.15, 0.2) is 5.82 Å². The van der Waals surface area contributed by atoms with E-state index in [0.717, 1.165) is 11.3 Å². The zero-order chi connectivity index (χ0) is 33.5. The number of hydrogen-bond donors (Lipinski definition) is 1. The molecule has 246 valence electrons. The Hall–Kier alpha value is -4.69. The Bertz CT molecular complexity index is 2160. The fourth-order valence-electron chi connectivity index (χ4n) is 6.71.